The van der Waals surface area contributed by atoms with E-state index < -0.39 is 0 Å². The Hall–Kier alpha value is -0.0400. The van der Waals surface area contributed by atoms with Gasteiger partial charge < -0.3 is 5.32 Å². The molecule has 0 bridgehead atoms. The molecule has 2 aliphatic carbocycles. The van der Waals surface area contributed by atoms with E-state index >= 15 is 0 Å². The normalized spacial score (nSPS) is 39.0. The fourth-order valence-electron chi connectivity index (χ4n) is 3.24. The third-order valence-electron chi connectivity index (χ3n) is 4.65. The summed E-state index contributed by atoms with van der Waals surface area (Å²) in [4.78, 5) is 0. The molecule has 0 aliphatic heterocycles. The summed E-state index contributed by atoms with van der Waals surface area (Å²) < 4.78 is 0. The van der Waals surface area contributed by atoms with Crippen molar-refractivity contribution in [1.29, 1.82) is 0 Å². The maximum atomic E-state index is 3.84. The van der Waals surface area contributed by atoms with Gasteiger partial charge in [0.1, 0.15) is 0 Å². The van der Waals surface area contributed by atoms with Crippen molar-refractivity contribution >= 4 is 0 Å². The maximum Gasteiger partial charge on any atom is 0.0118 e. The zero-order valence-corrected chi connectivity index (χ0v) is 10.6. The van der Waals surface area contributed by atoms with Crippen LogP contribution in [0.3, 0.4) is 0 Å². The highest BCUT2D eigenvalue weighted by Gasteiger charge is 2.31. The van der Waals surface area contributed by atoms with Crippen molar-refractivity contribution < 1.29 is 0 Å². The Kier molecular flexibility index (Phi) is 3.71. The molecule has 15 heavy (non-hydrogen) atoms. The Bertz CT molecular complexity index is 188. The van der Waals surface area contributed by atoms with Crippen LogP contribution >= 0.6 is 0 Å². The van der Waals surface area contributed by atoms with Crippen LogP contribution < -0.4 is 5.32 Å². The van der Waals surface area contributed by atoms with E-state index in [-0.39, 0.29) is 0 Å². The second-order valence-corrected chi connectivity index (χ2v) is 6.13. The molecule has 0 radical (unpaired) electrons. The van der Waals surface area contributed by atoms with E-state index in [9.17, 15) is 0 Å². The minimum atomic E-state index is 0.792. The molecular formula is C14H27N. The Morgan fingerprint density at radius 3 is 2.20 bits per heavy atom. The van der Waals surface area contributed by atoms with Crippen LogP contribution in [0.4, 0.5) is 0 Å². The van der Waals surface area contributed by atoms with E-state index in [0.29, 0.717) is 0 Å². The van der Waals surface area contributed by atoms with Gasteiger partial charge in [-0.25, -0.2) is 0 Å². The van der Waals surface area contributed by atoms with Crippen molar-refractivity contribution in [3.63, 3.8) is 0 Å². The number of rotatable bonds is 4. The number of hydrogen-bond donors (Lipinski definition) is 1. The van der Waals surface area contributed by atoms with Crippen LogP contribution in [0.15, 0.2) is 0 Å². The van der Waals surface area contributed by atoms with Crippen LogP contribution in [0.2, 0.25) is 0 Å². The molecule has 2 saturated carbocycles. The molecule has 3 atom stereocenters. The van der Waals surface area contributed by atoms with Crippen molar-refractivity contribution in [2.75, 3.05) is 6.54 Å². The first-order chi connectivity index (χ1) is 7.18. The Morgan fingerprint density at radius 1 is 1.07 bits per heavy atom. The quantitative estimate of drug-likeness (QED) is 0.748. The molecule has 0 spiro atoms. The third kappa shape index (κ3) is 2.96. The molecule has 3 unspecified atom stereocenters. The third-order valence-corrected chi connectivity index (χ3v) is 4.65. The highest BCUT2D eigenvalue weighted by atomic mass is 14.9. The molecule has 2 fully saturated rings. The summed E-state index contributed by atoms with van der Waals surface area (Å²) in [7, 11) is 0. The van der Waals surface area contributed by atoms with Gasteiger partial charge in [-0.05, 0) is 55.9 Å². The summed E-state index contributed by atoms with van der Waals surface area (Å²) in [6.07, 6.45) is 7.27. The predicted molar refractivity (Wildman–Crippen MR) is 65.9 cm³/mol. The summed E-state index contributed by atoms with van der Waals surface area (Å²) in [5, 5.41) is 3.84. The molecule has 0 heterocycles. The van der Waals surface area contributed by atoms with Gasteiger partial charge in [-0.1, -0.05) is 27.2 Å². The van der Waals surface area contributed by atoms with Crippen LogP contribution in [0.25, 0.3) is 0 Å². The second-order valence-electron chi connectivity index (χ2n) is 6.13. The van der Waals surface area contributed by atoms with Gasteiger partial charge in [0.25, 0.3) is 0 Å². The lowest BCUT2D eigenvalue weighted by molar-refractivity contribution is 0.200. The molecule has 2 rings (SSSR count). The van der Waals surface area contributed by atoms with Crippen LogP contribution in [0.5, 0.6) is 0 Å². The molecule has 0 aromatic rings. The number of hydrogen-bond acceptors (Lipinski definition) is 1. The van der Waals surface area contributed by atoms with Crippen molar-refractivity contribution in [3.05, 3.63) is 0 Å². The van der Waals surface area contributed by atoms with Crippen LogP contribution in [0.1, 0.15) is 52.9 Å². The summed E-state index contributed by atoms with van der Waals surface area (Å²) in [5.41, 5.74) is 0. The van der Waals surface area contributed by atoms with Crippen LogP contribution in [-0.4, -0.2) is 12.6 Å². The molecular weight excluding hydrogens is 182 g/mol. The molecule has 2 aliphatic rings. The monoisotopic (exact) mass is 209 g/mol. The summed E-state index contributed by atoms with van der Waals surface area (Å²) in [6, 6.07) is 0.792. The summed E-state index contributed by atoms with van der Waals surface area (Å²) in [6.45, 7) is 8.52. The average Bonchev–Trinajstić information content (AvgIpc) is 2.99. The van der Waals surface area contributed by atoms with E-state index in [4.69, 9.17) is 0 Å². The first-order valence-electron chi connectivity index (χ1n) is 6.92. The highest BCUT2D eigenvalue weighted by molar-refractivity contribution is 4.86. The fourth-order valence-corrected chi connectivity index (χ4v) is 3.24. The van der Waals surface area contributed by atoms with Gasteiger partial charge in [-0.15, -0.1) is 0 Å². The molecule has 0 saturated heterocycles. The zero-order chi connectivity index (χ0) is 10.8. The lowest BCUT2D eigenvalue weighted by atomic mass is 9.78. The Balaban J connectivity index is 1.75. The van der Waals surface area contributed by atoms with Gasteiger partial charge in [0.15, 0.2) is 0 Å². The molecule has 0 amide bonds. The molecule has 0 aromatic carbocycles. The van der Waals surface area contributed by atoms with Gasteiger partial charge in [0.05, 0.1) is 0 Å². The minimum absolute atomic E-state index is 0.792. The van der Waals surface area contributed by atoms with E-state index in [0.717, 1.165) is 29.7 Å². The van der Waals surface area contributed by atoms with Gasteiger partial charge in [-0.2, -0.15) is 0 Å². The molecule has 0 aromatic heterocycles. The molecule has 1 nitrogen and oxygen atoms in total. The standard InChI is InChI=1S/C14H27N/c1-10-5-4-6-11(2)14(10)15-9-12(3)13-7-8-13/h10-15H,4-9H2,1-3H3. The summed E-state index contributed by atoms with van der Waals surface area (Å²) in [5.74, 6) is 3.73. The number of nitrogens with one attached hydrogen (secondary N) is 1. The smallest absolute Gasteiger partial charge is 0.0118 e. The predicted octanol–water partition coefficient (Wildman–Crippen LogP) is 3.45. The first-order valence-corrected chi connectivity index (χ1v) is 6.92. The minimum Gasteiger partial charge on any atom is -0.313 e. The van der Waals surface area contributed by atoms with E-state index in [1.807, 2.05) is 0 Å². The van der Waals surface area contributed by atoms with Gasteiger partial charge >= 0.3 is 0 Å². The highest BCUT2D eigenvalue weighted by Crippen LogP contribution is 2.36. The van der Waals surface area contributed by atoms with Crippen molar-refractivity contribution in [3.8, 4) is 0 Å². The fraction of sp³-hybridized carbons (Fsp3) is 1.00. The van der Waals surface area contributed by atoms with Crippen molar-refractivity contribution in [2.24, 2.45) is 23.7 Å². The van der Waals surface area contributed by atoms with Crippen molar-refractivity contribution in [2.45, 2.75) is 58.9 Å². The SMILES string of the molecule is CC(CNC1C(C)CCCC1C)C1CC1. The Labute approximate surface area is 95.0 Å². The molecule has 1 N–H and O–H groups in total. The van der Waals surface area contributed by atoms with E-state index in [1.54, 1.807) is 0 Å². The van der Waals surface area contributed by atoms with Crippen LogP contribution in [0, 0.1) is 23.7 Å². The first kappa shape index (κ1) is 11.4. The summed E-state index contributed by atoms with van der Waals surface area (Å²) >= 11 is 0. The van der Waals surface area contributed by atoms with E-state index in [1.165, 1.54) is 38.6 Å². The lowest BCUT2D eigenvalue weighted by Gasteiger charge is -2.36. The molecule has 1 heteroatoms. The van der Waals surface area contributed by atoms with Crippen LogP contribution in [-0.2, 0) is 0 Å². The van der Waals surface area contributed by atoms with Gasteiger partial charge in [0.2, 0.25) is 0 Å². The topological polar surface area (TPSA) is 12.0 Å². The maximum absolute atomic E-state index is 3.84. The zero-order valence-electron chi connectivity index (χ0n) is 10.6. The molecule has 88 valence electrons. The van der Waals surface area contributed by atoms with Gasteiger partial charge in [-0.3, -0.25) is 0 Å². The van der Waals surface area contributed by atoms with Crippen molar-refractivity contribution in [1.82, 2.24) is 5.32 Å². The largest absolute Gasteiger partial charge is 0.313 e. The average molecular weight is 209 g/mol. The lowest BCUT2D eigenvalue weighted by Crippen LogP contribution is -2.44. The Morgan fingerprint density at radius 2 is 1.67 bits per heavy atom. The van der Waals surface area contributed by atoms with Gasteiger partial charge in [0, 0.05) is 6.04 Å². The van der Waals surface area contributed by atoms with E-state index in [2.05, 4.69) is 26.1 Å². The second kappa shape index (κ2) is 4.86.